The number of hydrogen-bond donors (Lipinski definition) is 1. The molecule has 0 aromatic heterocycles. The van der Waals surface area contributed by atoms with Gasteiger partial charge in [0, 0.05) is 13.1 Å². The monoisotopic (exact) mass is 283 g/mol. The van der Waals surface area contributed by atoms with Crippen LogP contribution in [0.15, 0.2) is 22.7 Å². The lowest BCUT2D eigenvalue weighted by molar-refractivity contribution is 0.141. The van der Waals surface area contributed by atoms with E-state index in [1.54, 1.807) is 0 Å². The number of nitrogens with one attached hydrogen (secondary N) is 1. The third-order valence-corrected chi connectivity index (χ3v) is 3.79. The van der Waals surface area contributed by atoms with Crippen LogP contribution in [0.1, 0.15) is 31.7 Å². The molecule has 1 fully saturated rings. The molecule has 16 heavy (non-hydrogen) atoms. The number of hydrogen-bond acceptors (Lipinski definition) is 2. The molecule has 1 aromatic carbocycles. The van der Waals surface area contributed by atoms with Gasteiger partial charge in [-0.15, -0.1) is 0 Å². The third kappa shape index (κ3) is 2.58. The summed E-state index contributed by atoms with van der Waals surface area (Å²) in [5, 5.41) is 3.20. The first kappa shape index (κ1) is 11.9. The van der Waals surface area contributed by atoms with Crippen molar-refractivity contribution in [3.8, 4) is 5.75 Å². The Morgan fingerprint density at radius 2 is 2.25 bits per heavy atom. The van der Waals surface area contributed by atoms with Crippen molar-refractivity contribution in [3.05, 3.63) is 28.2 Å². The van der Waals surface area contributed by atoms with Crippen molar-refractivity contribution < 1.29 is 4.74 Å². The van der Waals surface area contributed by atoms with Gasteiger partial charge in [-0.2, -0.15) is 0 Å². The van der Waals surface area contributed by atoms with Crippen molar-refractivity contribution >= 4 is 15.9 Å². The maximum absolute atomic E-state index is 5.84. The molecule has 0 saturated carbocycles. The fourth-order valence-corrected chi connectivity index (χ4v) is 2.17. The molecule has 1 atom stereocenters. The molecule has 0 aliphatic carbocycles. The zero-order valence-corrected chi connectivity index (χ0v) is 11.4. The second kappa shape index (κ2) is 5.19. The molecule has 1 aliphatic rings. The van der Waals surface area contributed by atoms with Gasteiger partial charge in [-0.05, 0) is 46.0 Å². The Morgan fingerprint density at radius 1 is 1.50 bits per heavy atom. The summed E-state index contributed by atoms with van der Waals surface area (Å²) in [6.07, 6.45) is 1.50. The van der Waals surface area contributed by atoms with Gasteiger partial charge in [-0.1, -0.05) is 19.9 Å². The first-order valence-corrected chi connectivity index (χ1v) is 6.66. The van der Waals surface area contributed by atoms with Crippen LogP contribution in [0.5, 0.6) is 5.75 Å². The second-order valence-corrected chi connectivity index (χ2v) is 5.25. The van der Waals surface area contributed by atoms with Gasteiger partial charge in [0.05, 0.1) is 4.47 Å². The molecule has 0 bridgehead atoms. The molecule has 3 heteroatoms. The lowest BCUT2D eigenvalue weighted by atomic mass is 9.99. The summed E-state index contributed by atoms with van der Waals surface area (Å²) in [7, 11) is 0. The number of halogens is 1. The van der Waals surface area contributed by atoms with Gasteiger partial charge >= 0.3 is 0 Å². The van der Waals surface area contributed by atoms with Gasteiger partial charge in [-0.25, -0.2) is 0 Å². The zero-order chi connectivity index (χ0) is 11.5. The molecule has 1 heterocycles. The molecule has 1 N–H and O–H groups in total. The normalized spacial score (nSPS) is 17.9. The highest BCUT2D eigenvalue weighted by molar-refractivity contribution is 9.10. The van der Waals surface area contributed by atoms with E-state index in [0.717, 1.165) is 23.3 Å². The summed E-state index contributed by atoms with van der Waals surface area (Å²) >= 11 is 3.58. The minimum Gasteiger partial charge on any atom is -0.487 e. The van der Waals surface area contributed by atoms with E-state index in [1.807, 2.05) is 0 Å². The Bertz CT molecular complexity index is 363. The van der Waals surface area contributed by atoms with Crippen LogP contribution in [0.2, 0.25) is 0 Å². The fourth-order valence-electron chi connectivity index (χ4n) is 1.68. The van der Waals surface area contributed by atoms with Gasteiger partial charge < -0.3 is 10.1 Å². The van der Waals surface area contributed by atoms with Crippen LogP contribution in [-0.4, -0.2) is 19.2 Å². The molecule has 0 spiro atoms. The Hall–Kier alpha value is -0.540. The summed E-state index contributed by atoms with van der Waals surface area (Å²) < 4.78 is 6.91. The van der Waals surface area contributed by atoms with Crippen molar-refractivity contribution in [1.82, 2.24) is 5.32 Å². The van der Waals surface area contributed by atoms with Crippen LogP contribution in [-0.2, 0) is 0 Å². The van der Waals surface area contributed by atoms with Gasteiger partial charge in [-0.3, -0.25) is 0 Å². The van der Waals surface area contributed by atoms with Gasteiger partial charge in [0.25, 0.3) is 0 Å². The minimum absolute atomic E-state index is 0.339. The standard InChI is InChI=1S/C13H18BrNO/c1-3-9(2)10-4-5-13(12(14)6-10)16-11-7-15-8-11/h4-6,9,11,15H,3,7-8H2,1-2H3/t9-/m0/s1. The van der Waals surface area contributed by atoms with Crippen molar-refractivity contribution in [2.75, 3.05) is 13.1 Å². The lowest BCUT2D eigenvalue weighted by Crippen LogP contribution is -2.50. The van der Waals surface area contributed by atoms with Crippen LogP contribution >= 0.6 is 15.9 Å². The summed E-state index contributed by atoms with van der Waals surface area (Å²) in [4.78, 5) is 0. The van der Waals surface area contributed by atoms with Crippen LogP contribution in [0.25, 0.3) is 0 Å². The second-order valence-electron chi connectivity index (χ2n) is 4.40. The molecule has 0 amide bonds. The first-order valence-electron chi connectivity index (χ1n) is 5.87. The molecule has 1 aliphatic heterocycles. The van der Waals surface area contributed by atoms with E-state index in [2.05, 4.69) is 53.3 Å². The summed E-state index contributed by atoms with van der Waals surface area (Å²) in [5.74, 6) is 1.56. The number of rotatable bonds is 4. The van der Waals surface area contributed by atoms with E-state index in [0.29, 0.717) is 12.0 Å². The van der Waals surface area contributed by atoms with Crippen molar-refractivity contribution in [1.29, 1.82) is 0 Å². The van der Waals surface area contributed by atoms with E-state index in [9.17, 15) is 0 Å². The maximum Gasteiger partial charge on any atom is 0.134 e. The highest BCUT2D eigenvalue weighted by atomic mass is 79.9. The molecule has 1 aromatic rings. The lowest BCUT2D eigenvalue weighted by Gasteiger charge is -2.28. The maximum atomic E-state index is 5.84. The summed E-state index contributed by atoms with van der Waals surface area (Å²) in [5.41, 5.74) is 1.37. The van der Waals surface area contributed by atoms with Crippen LogP contribution in [0.4, 0.5) is 0 Å². The topological polar surface area (TPSA) is 21.3 Å². The van der Waals surface area contributed by atoms with E-state index in [-0.39, 0.29) is 0 Å². The predicted molar refractivity (Wildman–Crippen MR) is 70.1 cm³/mol. The number of ether oxygens (including phenoxy) is 1. The highest BCUT2D eigenvalue weighted by Crippen LogP contribution is 2.30. The fraction of sp³-hybridized carbons (Fsp3) is 0.538. The first-order chi connectivity index (χ1) is 7.70. The highest BCUT2D eigenvalue weighted by Gasteiger charge is 2.19. The molecule has 2 nitrogen and oxygen atoms in total. The zero-order valence-electron chi connectivity index (χ0n) is 9.79. The summed E-state index contributed by atoms with van der Waals surface area (Å²) in [6, 6.07) is 6.42. The van der Waals surface area contributed by atoms with Crippen LogP contribution in [0.3, 0.4) is 0 Å². The van der Waals surface area contributed by atoms with Gasteiger partial charge in [0.1, 0.15) is 11.9 Å². The number of benzene rings is 1. The molecule has 0 unspecified atom stereocenters. The summed E-state index contributed by atoms with van der Waals surface area (Å²) in [6.45, 7) is 6.38. The molecule has 2 rings (SSSR count). The van der Waals surface area contributed by atoms with Crippen LogP contribution < -0.4 is 10.1 Å². The molecule has 88 valence electrons. The van der Waals surface area contributed by atoms with Crippen molar-refractivity contribution in [2.24, 2.45) is 0 Å². The van der Waals surface area contributed by atoms with E-state index in [1.165, 1.54) is 12.0 Å². The Morgan fingerprint density at radius 3 is 2.75 bits per heavy atom. The average molecular weight is 284 g/mol. The SMILES string of the molecule is CC[C@H](C)c1ccc(OC2CNC2)c(Br)c1. The average Bonchev–Trinajstić information content (AvgIpc) is 2.23. The quantitative estimate of drug-likeness (QED) is 0.916. The predicted octanol–water partition coefficient (Wildman–Crippen LogP) is 3.31. The van der Waals surface area contributed by atoms with Crippen molar-refractivity contribution in [2.45, 2.75) is 32.3 Å². The Balaban J connectivity index is 2.09. The van der Waals surface area contributed by atoms with E-state index >= 15 is 0 Å². The van der Waals surface area contributed by atoms with Crippen molar-refractivity contribution in [3.63, 3.8) is 0 Å². The minimum atomic E-state index is 0.339. The van der Waals surface area contributed by atoms with Gasteiger partial charge in [0.2, 0.25) is 0 Å². The van der Waals surface area contributed by atoms with Gasteiger partial charge in [0.15, 0.2) is 0 Å². The molecule has 1 saturated heterocycles. The molecular formula is C13H18BrNO. The largest absolute Gasteiger partial charge is 0.487 e. The molecular weight excluding hydrogens is 266 g/mol. The molecule has 0 radical (unpaired) electrons. The smallest absolute Gasteiger partial charge is 0.134 e. The Kier molecular flexibility index (Phi) is 3.87. The van der Waals surface area contributed by atoms with E-state index in [4.69, 9.17) is 4.74 Å². The third-order valence-electron chi connectivity index (χ3n) is 3.17. The van der Waals surface area contributed by atoms with E-state index < -0.39 is 0 Å². The van der Waals surface area contributed by atoms with Crippen LogP contribution in [0, 0.1) is 0 Å². The Labute approximate surface area is 106 Å².